The molecule has 0 N–H and O–H groups in total. The molecule has 1 aliphatic carbocycles. The number of allylic oxidation sites excluding steroid dienone is 1. The summed E-state index contributed by atoms with van der Waals surface area (Å²) in [6, 6.07) is 9.02. The van der Waals surface area contributed by atoms with Crippen molar-refractivity contribution in [2.24, 2.45) is 0 Å². The highest BCUT2D eigenvalue weighted by Crippen LogP contribution is 2.36. The van der Waals surface area contributed by atoms with Crippen LogP contribution in [-0.2, 0) is 6.42 Å². The highest BCUT2D eigenvalue weighted by molar-refractivity contribution is 5.39. The third-order valence-electron chi connectivity index (χ3n) is 3.95. The molecular weight excluding hydrogens is 194 g/mol. The van der Waals surface area contributed by atoms with Crippen LogP contribution in [-0.4, -0.2) is 25.0 Å². The molecule has 0 amide bonds. The Morgan fingerprint density at radius 2 is 2.12 bits per heavy atom. The fourth-order valence-electron chi connectivity index (χ4n) is 3.11. The first-order valence-corrected chi connectivity index (χ1v) is 6.30. The van der Waals surface area contributed by atoms with Gasteiger partial charge in [0.1, 0.15) is 0 Å². The number of likely N-dealkylation sites (N-methyl/N-ethyl adjacent to an activating group) is 1. The molecule has 16 heavy (non-hydrogen) atoms. The molecule has 0 saturated carbocycles. The lowest BCUT2D eigenvalue weighted by Crippen LogP contribution is -2.31. The molecule has 1 heterocycles. The highest BCUT2D eigenvalue weighted by atomic mass is 15.1. The van der Waals surface area contributed by atoms with E-state index >= 15 is 0 Å². The molecule has 3 rings (SSSR count). The summed E-state index contributed by atoms with van der Waals surface area (Å²) in [6.45, 7) is 2.40. The van der Waals surface area contributed by atoms with Gasteiger partial charge in [0, 0.05) is 12.5 Å². The molecule has 1 aromatic carbocycles. The minimum absolute atomic E-state index is 0.704. The van der Waals surface area contributed by atoms with Crippen molar-refractivity contribution in [3.05, 3.63) is 47.0 Å². The van der Waals surface area contributed by atoms with E-state index in [-0.39, 0.29) is 0 Å². The number of piperidine rings is 1. The second-order valence-corrected chi connectivity index (χ2v) is 5.10. The number of benzene rings is 1. The van der Waals surface area contributed by atoms with E-state index < -0.39 is 0 Å². The summed E-state index contributed by atoms with van der Waals surface area (Å²) in [7, 11) is 2.23. The number of aryl methyl sites for hydroxylation is 1. The van der Waals surface area contributed by atoms with Crippen molar-refractivity contribution in [1.82, 2.24) is 4.90 Å². The summed E-state index contributed by atoms with van der Waals surface area (Å²) in [5.41, 5.74) is 4.82. The molecule has 0 bridgehead atoms. The van der Waals surface area contributed by atoms with Crippen LogP contribution in [0, 0.1) is 0 Å². The van der Waals surface area contributed by atoms with Gasteiger partial charge in [0.05, 0.1) is 0 Å². The van der Waals surface area contributed by atoms with Crippen LogP contribution < -0.4 is 0 Å². The Kier molecular flexibility index (Phi) is 2.56. The number of fused-ring (bicyclic) bond motifs is 3. The van der Waals surface area contributed by atoms with Crippen molar-refractivity contribution < 1.29 is 0 Å². The Morgan fingerprint density at radius 1 is 1.25 bits per heavy atom. The van der Waals surface area contributed by atoms with Crippen LogP contribution in [0.25, 0.3) is 0 Å². The molecule has 1 heteroatoms. The van der Waals surface area contributed by atoms with Crippen LogP contribution in [0.4, 0.5) is 0 Å². The predicted octanol–water partition coefficient (Wildman–Crippen LogP) is 2.98. The maximum Gasteiger partial charge on any atom is 0.0195 e. The van der Waals surface area contributed by atoms with Crippen LogP contribution >= 0.6 is 0 Å². The van der Waals surface area contributed by atoms with Gasteiger partial charge in [-0.25, -0.2) is 0 Å². The molecule has 1 unspecified atom stereocenters. The first-order valence-electron chi connectivity index (χ1n) is 6.30. The topological polar surface area (TPSA) is 3.24 Å². The number of hydrogen-bond donors (Lipinski definition) is 0. The van der Waals surface area contributed by atoms with Gasteiger partial charge in [-0.2, -0.15) is 0 Å². The highest BCUT2D eigenvalue weighted by Gasteiger charge is 2.26. The number of likely N-dealkylation sites (tertiary alicyclic amines) is 1. The van der Waals surface area contributed by atoms with E-state index in [9.17, 15) is 0 Å². The zero-order chi connectivity index (χ0) is 11.0. The zero-order valence-corrected chi connectivity index (χ0v) is 9.95. The third-order valence-corrected chi connectivity index (χ3v) is 3.95. The van der Waals surface area contributed by atoms with Crippen LogP contribution in [0.5, 0.6) is 0 Å². The molecule has 1 aromatic rings. The van der Waals surface area contributed by atoms with Crippen molar-refractivity contribution in [2.75, 3.05) is 20.1 Å². The van der Waals surface area contributed by atoms with Gasteiger partial charge in [-0.3, -0.25) is 0 Å². The van der Waals surface area contributed by atoms with E-state index in [1.807, 2.05) is 0 Å². The molecule has 2 aliphatic rings. The summed E-state index contributed by atoms with van der Waals surface area (Å²) in [5, 5.41) is 0. The summed E-state index contributed by atoms with van der Waals surface area (Å²) in [4.78, 5) is 2.44. The molecule has 1 nitrogen and oxygen atoms in total. The van der Waals surface area contributed by atoms with Gasteiger partial charge >= 0.3 is 0 Å². The monoisotopic (exact) mass is 213 g/mol. The lowest BCUT2D eigenvalue weighted by Gasteiger charge is -2.32. The lowest BCUT2D eigenvalue weighted by atomic mass is 9.84. The van der Waals surface area contributed by atoms with Crippen molar-refractivity contribution >= 4 is 0 Å². The van der Waals surface area contributed by atoms with Gasteiger partial charge in [-0.05, 0) is 44.0 Å². The van der Waals surface area contributed by atoms with E-state index in [1.165, 1.54) is 32.4 Å². The molecule has 1 saturated heterocycles. The van der Waals surface area contributed by atoms with Gasteiger partial charge in [0.15, 0.2) is 0 Å². The van der Waals surface area contributed by atoms with E-state index in [0.717, 1.165) is 0 Å². The van der Waals surface area contributed by atoms with Crippen molar-refractivity contribution in [3.8, 4) is 0 Å². The Labute approximate surface area is 97.8 Å². The standard InChI is InChI=1S/C15H19N/c1-16-10-9-15-13(11-16)7-4-6-12-5-2-3-8-14(12)15/h2-3,5,7-8,15H,4,6,9-11H2,1H3. The number of nitrogens with zero attached hydrogens (tertiary/aromatic N) is 1. The first-order chi connectivity index (χ1) is 7.84. The molecule has 0 spiro atoms. The molecular formula is C15H19N. The minimum Gasteiger partial charge on any atom is -0.302 e. The molecule has 1 aliphatic heterocycles. The molecule has 1 atom stereocenters. The van der Waals surface area contributed by atoms with Crippen LogP contribution in [0.3, 0.4) is 0 Å². The Bertz CT molecular complexity index is 419. The normalized spacial score (nSPS) is 25.3. The van der Waals surface area contributed by atoms with Gasteiger partial charge in [-0.1, -0.05) is 35.9 Å². The summed E-state index contributed by atoms with van der Waals surface area (Å²) in [5.74, 6) is 0.704. The average Bonchev–Trinajstić information content (AvgIpc) is 2.47. The molecule has 1 fully saturated rings. The number of hydrogen-bond acceptors (Lipinski definition) is 1. The Morgan fingerprint density at radius 3 is 3.06 bits per heavy atom. The van der Waals surface area contributed by atoms with E-state index in [4.69, 9.17) is 0 Å². The summed E-state index contributed by atoms with van der Waals surface area (Å²) < 4.78 is 0. The smallest absolute Gasteiger partial charge is 0.0195 e. The largest absolute Gasteiger partial charge is 0.302 e. The second-order valence-electron chi connectivity index (χ2n) is 5.10. The Balaban J connectivity index is 2.01. The van der Waals surface area contributed by atoms with Gasteiger partial charge in [-0.15, -0.1) is 0 Å². The molecule has 0 radical (unpaired) electrons. The van der Waals surface area contributed by atoms with Gasteiger partial charge in [0.2, 0.25) is 0 Å². The van der Waals surface area contributed by atoms with Crippen LogP contribution in [0.2, 0.25) is 0 Å². The summed E-state index contributed by atoms with van der Waals surface area (Å²) >= 11 is 0. The van der Waals surface area contributed by atoms with Crippen molar-refractivity contribution in [2.45, 2.75) is 25.2 Å². The minimum atomic E-state index is 0.704. The lowest BCUT2D eigenvalue weighted by molar-refractivity contribution is 0.306. The maximum absolute atomic E-state index is 2.49. The van der Waals surface area contributed by atoms with Crippen LogP contribution in [0.15, 0.2) is 35.9 Å². The SMILES string of the molecule is CN1CCC2C(=CCCc3ccccc32)C1. The fraction of sp³-hybridized carbons (Fsp3) is 0.467. The molecule has 0 aromatic heterocycles. The van der Waals surface area contributed by atoms with Crippen molar-refractivity contribution in [3.63, 3.8) is 0 Å². The zero-order valence-electron chi connectivity index (χ0n) is 9.95. The Hall–Kier alpha value is -1.08. The van der Waals surface area contributed by atoms with Crippen molar-refractivity contribution in [1.29, 1.82) is 0 Å². The van der Waals surface area contributed by atoms with E-state index in [2.05, 4.69) is 42.3 Å². The quantitative estimate of drug-likeness (QED) is 0.599. The summed E-state index contributed by atoms with van der Waals surface area (Å²) in [6.07, 6.45) is 6.22. The molecule has 84 valence electrons. The first kappa shape index (κ1) is 10.1. The van der Waals surface area contributed by atoms with E-state index in [1.54, 1.807) is 16.7 Å². The average molecular weight is 213 g/mol. The third kappa shape index (κ3) is 1.69. The number of rotatable bonds is 0. The maximum atomic E-state index is 2.49. The van der Waals surface area contributed by atoms with Gasteiger partial charge in [0.25, 0.3) is 0 Å². The van der Waals surface area contributed by atoms with Crippen LogP contribution in [0.1, 0.15) is 29.9 Å². The fourth-order valence-corrected chi connectivity index (χ4v) is 3.11. The second kappa shape index (κ2) is 4.06. The van der Waals surface area contributed by atoms with E-state index in [0.29, 0.717) is 5.92 Å². The van der Waals surface area contributed by atoms with Gasteiger partial charge < -0.3 is 4.90 Å². The predicted molar refractivity (Wildman–Crippen MR) is 67.7 cm³/mol.